The van der Waals surface area contributed by atoms with Crippen LogP contribution in [0.25, 0.3) is 0 Å². The Bertz CT molecular complexity index is 1080. The normalized spacial score (nSPS) is 20.8. The van der Waals surface area contributed by atoms with Crippen LogP contribution in [0.2, 0.25) is 0 Å². The fourth-order valence-electron chi connectivity index (χ4n) is 4.01. The smallest absolute Gasteiger partial charge is 0.335 e. The van der Waals surface area contributed by atoms with Gasteiger partial charge in [0.05, 0.1) is 17.7 Å². The first-order valence-corrected chi connectivity index (χ1v) is 9.09. The number of carbonyl (C=O) groups is 3. The maximum atomic E-state index is 13.5. The van der Waals surface area contributed by atoms with Crippen LogP contribution in [-0.2, 0) is 16.0 Å². The van der Waals surface area contributed by atoms with Crippen molar-refractivity contribution in [3.8, 4) is 5.75 Å². The van der Waals surface area contributed by atoms with Crippen LogP contribution in [0.3, 0.4) is 0 Å². The fourth-order valence-corrected chi connectivity index (χ4v) is 4.01. The lowest BCUT2D eigenvalue weighted by Crippen LogP contribution is -2.68. The molecule has 1 N–H and O–H groups in total. The summed E-state index contributed by atoms with van der Waals surface area (Å²) in [4.78, 5) is 52.2. The molecule has 2 aliphatic heterocycles. The van der Waals surface area contributed by atoms with E-state index < -0.39 is 28.2 Å². The lowest BCUT2D eigenvalue weighted by atomic mass is 9.74. The molecule has 4 amide bonds. The van der Waals surface area contributed by atoms with Crippen molar-refractivity contribution >= 4 is 34.9 Å². The van der Waals surface area contributed by atoms with Gasteiger partial charge >= 0.3 is 6.03 Å². The van der Waals surface area contributed by atoms with E-state index in [4.69, 9.17) is 4.74 Å². The third-order valence-corrected chi connectivity index (χ3v) is 5.49. The highest BCUT2D eigenvalue weighted by atomic mass is 16.6. The molecule has 0 bridgehead atoms. The van der Waals surface area contributed by atoms with E-state index in [1.807, 2.05) is 0 Å². The standard InChI is InChI=1S/C20H18N4O6/c1-22-11-20(10-12-9-14(24(28)29)5-8-16(12)22)17(25)21-19(27)23(18(20)26)13-3-6-15(30-2)7-4-13/h3-9H,10-11H2,1-2H3,(H,21,25,27)/t20-/m0/s1. The van der Waals surface area contributed by atoms with Crippen molar-refractivity contribution in [1.82, 2.24) is 5.32 Å². The van der Waals surface area contributed by atoms with Crippen LogP contribution < -0.4 is 19.9 Å². The van der Waals surface area contributed by atoms with E-state index in [2.05, 4.69) is 5.32 Å². The molecule has 30 heavy (non-hydrogen) atoms. The number of methoxy groups -OCH3 is 1. The molecule has 2 heterocycles. The van der Waals surface area contributed by atoms with Crippen molar-refractivity contribution in [1.29, 1.82) is 0 Å². The summed E-state index contributed by atoms with van der Waals surface area (Å²) in [5.74, 6) is -0.843. The van der Waals surface area contributed by atoms with Gasteiger partial charge in [0.15, 0.2) is 5.41 Å². The topological polar surface area (TPSA) is 122 Å². The van der Waals surface area contributed by atoms with Gasteiger partial charge in [-0.25, -0.2) is 9.69 Å². The van der Waals surface area contributed by atoms with Gasteiger partial charge in [-0.05, 0) is 42.3 Å². The summed E-state index contributed by atoms with van der Waals surface area (Å²) in [6.07, 6.45) is -0.0566. The number of hydrogen-bond acceptors (Lipinski definition) is 7. The van der Waals surface area contributed by atoms with Crippen molar-refractivity contribution in [3.05, 3.63) is 58.1 Å². The molecule has 2 aromatic carbocycles. The maximum Gasteiger partial charge on any atom is 0.335 e. The van der Waals surface area contributed by atoms with E-state index >= 15 is 0 Å². The predicted molar refractivity (Wildman–Crippen MR) is 107 cm³/mol. The molecule has 1 saturated heterocycles. The Labute approximate surface area is 171 Å². The SMILES string of the molecule is COc1ccc(N2C(=O)NC(=O)[C@@]3(Cc4cc([N+](=O)[O-])ccc4N(C)C3)C2=O)cc1. The Balaban J connectivity index is 1.77. The lowest BCUT2D eigenvalue weighted by Gasteiger charge is -2.45. The number of anilines is 2. The Kier molecular flexibility index (Phi) is 4.41. The van der Waals surface area contributed by atoms with Gasteiger partial charge in [-0.15, -0.1) is 0 Å². The highest BCUT2D eigenvalue weighted by molar-refractivity contribution is 6.30. The second-order valence-electron chi connectivity index (χ2n) is 7.28. The Morgan fingerprint density at radius 2 is 1.83 bits per heavy atom. The maximum absolute atomic E-state index is 13.5. The molecule has 154 valence electrons. The summed E-state index contributed by atoms with van der Waals surface area (Å²) >= 11 is 0. The average Bonchev–Trinajstić information content (AvgIpc) is 2.72. The van der Waals surface area contributed by atoms with Gasteiger partial charge in [0.25, 0.3) is 11.6 Å². The minimum absolute atomic E-state index is 0.0302. The monoisotopic (exact) mass is 410 g/mol. The molecule has 0 unspecified atom stereocenters. The zero-order valence-electron chi connectivity index (χ0n) is 16.2. The van der Waals surface area contributed by atoms with Gasteiger partial charge in [-0.1, -0.05) is 0 Å². The largest absolute Gasteiger partial charge is 0.497 e. The van der Waals surface area contributed by atoms with Gasteiger partial charge in [0, 0.05) is 31.4 Å². The summed E-state index contributed by atoms with van der Waals surface area (Å²) in [6, 6.07) is 9.79. The first-order valence-electron chi connectivity index (χ1n) is 9.09. The molecule has 1 fully saturated rings. The molecule has 4 rings (SSSR count). The van der Waals surface area contributed by atoms with Crippen LogP contribution in [0.5, 0.6) is 5.75 Å². The third-order valence-electron chi connectivity index (χ3n) is 5.49. The zero-order valence-corrected chi connectivity index (χ0v) is 16.2. The number of carbonyl (C=O) groups excluding carboxylic acids is 3. The molecule has 0 aromatic heterocycles. The lowest BCUT2D eigenvalue weighted by molar-refractivity contribution is -0.384. The average molecular weight is 410 g/mol. The number of nitro groups is 1. The van der Waals surface area contributed by atoms with E-state index in [1.165, 1.54) is 19.2 Å². The molecule has 1 spiro atoms. The molecule has 2 aliphatic rings. The highest BCUT2D eigenvalue weighted by Crippen LogP contribution is 2.41. The summed E-state index contributed by atoms with van der Waals surface area (Å²) in [5, 5.41) is 13.5. The van der Waals surface area contributed by atoms with Gasteiger partial charge in [0.2, 0.25) is 5.91 Å². The quantitative estimate of drug-likeness (QED) is 0.466. The van der Waals surface area contributed by atoms with Gasteiger partial charge in [0.1, 0.15) is 5.75 Å². The minimum Gasteiger partial charge on any atom is -0.497 e. The van der Waals surface area contributed by atoms with Crippen molar-refractivity contribution in [3.63, 3.8) is 0 Å². The van der Waals surface area contributed by atoms with Gasteiger partial charge < -0.3 is 9.64 Å². The molecule has 0 saturated carbocycles. The molecule has 0 aliphatic carbocycles. The number of fused-ring (bicyclic) bond motifs is 1. The van der Waals surface area contributed by atoms with E-state index in [0.717, 1.165) is 4.90 Å². The van der Waals surface area contributed by atoms with Crippen LogP contribution in [-0.4, -0.2) is 43.5 Å². The van der Waals surface area contributed by atoms with Crippen LogP contribution in [0.15, 0.2) is 42.5 Å². The van der Waals surface area contributed by atoms with Crippen molar-refractivity contribution in [2.45, 2.75) is 6.42 Å². The first kappa shape index (κ1) is 19.4. The summed E-state index contributed by atoms with van der Waals surface area (Å²) in [6.45, 7) is 0.0302. The first-order chi connectivity index (χ1) is 14.3. The van der Waals surface area contributed by atoms with E-state index in [0.29, 0.717) is 17.0 Å². The Hall–Kier alpha value is -3.95. The van der Waals surface area contributed by atoms with Gasteiger partial charge in [-0.2, -0.15) is 0 Å². The number of barbiturate groups is 1. The number of imide groups is 2. The minimum atomic E-state index is -1.59. The Morgan fingerprint density at radius 1 is 1.13 bits per heavy atom. The number of urea groups is 1. The number of nitrogens with zero attached hydrogens (tertiary/aromatic N) is 3. The number of rotatable bonds is 3. The van der Waals surface area contributed by atoms with Crippen molar-refractivity contribution in [2.24, 2.45) is 5.41 Å². The predicted octanol–water partition coefficient (Wildman–Crippen LogP) is 1.87. The molecular weight excluding hydrogens is 392 g/mol. The van der Waals surface area contributed by atoms with E-state index in [1.54, 1.807) is 42.3 Å². The molecule has 1 atom stereocenters. The summed E-state index contributed by atoms with van der Waals surface area (Å²) < 4.78 is 5.10. The molecule has 2 aromatic rings. The number of non-ortho nitro benzene ring substituents is 1. The molecular formula is C20H18N4O6. The molecule has 10 heteroatoms. The van der Waals surface area contributed by atoms with Crippen LogP contribution >= 0.6 is 0 Å². The van der Waals surface area contributed by atoms with Crippen LogP contribution in [0, 0.1) is 15.5 Å². The van der Waals surface area contributed by atoms with E-state index in [-0.39, 0.29) is 24.3 Å². The third kappa shape index (κ3) is 2.84. The Morgan fingerprint density at radius 3 is 2.47 bits per heavy atom. The van der Waals surface area contributed by atoms with Crippen molar-refractivity contribution in [2.75, 3.05) is 30.5 Å². The molecule has 10 nitrogen and oxygen atoms in total. The number of benzene rings is 2. The fraction of sp³-hybridized carbons (Fsp3) is 0.250. The number of amides is 4. The number of nitro benzene ring substituents is 1. The van der Waals surface area contributed by atoms with Crippen molar-refractivity contribution < 1.29 is 24.0 Å². The zero-order chi connectivity index (χ0) is 21.6. The van der Waals surface area contributed by atoms with Gasteiger partial charge in [-0.3, -0.25) is 25.0 Å². The van der Waals surface area contributed by atoms with Crippen LogP contribution in [0.4, 0.5) is 21.9 Å². The number of hydrogen-bond donors (Lipinski definition) is 1. The summed E-state index contributed by atoms with van der Waals surface area (Å²) in [5.41, 5.74) is -0.251. The van der Waals surface area contributed by atoms with Crippen LogP contribution in [0.1, 0.15) is 5.56 Å². The number of ether oxygens (including phenoxy) is 1. The summed E-state index contributed by atoms with van der Waals surface area (Å²) in [7, 11) is 3.19. The second-order valence-corrected chi connectivity index (χ2v) is 7.28. The molecule has 0 radical (unpaired) electrons. The highest BCUT2D eigenvalue weighted by Gasteiger charge is 2.56. The number of nitrogens with one attached hydrogen (secondary N) is 1. The van der Waals surface area contributed by atoms with E-state index in [9.17, 15) is 24.5 Å². The second kappa shape index (κ2) is 6.83.